The monoisotopic (exact) mass is 307 g/mol. The lowest BCUT2D eigenvalue weighted by atomic mass is 10.2. The van der Waals surface area contributed by atoms with Crippen molar-refractivity contribution in [2.45, 2.75) is 19.5 Å². The number of alkyl halides is 3. The Morgan fingerprint density at radius 2 is 2.05 bits per heavy atom. The summed E-state index contributed by atoms with van der Waals surface area (Å²) in [4.78, 5) is 3.99. The van der Waals surface area contributed by atoms with E-state index >= 15 is 0 Å². The molecule has 7 heteroatoms. The van der Waals surface area contributed by atoms with E-state index in [2.05, 4.69) is 17.0 Å². The highest BCUT2D eigenvalue weighted by molar-refractivity contribution is 5.78. The molecule has 3 heterocycles. The van der Waals surface area contributed by atoms with Gasteiger partial charge < -0.3 is 0 Å². The molecule has 0 saturated heterocycles. The van der Waals surface area contributed by atoms with Crippen LogP contribution in [-0.2, 0) is 19.6 Å². The second kappa shape index (κ2) is 4.86. The predicted molar refractivity (Wildman–Crippen MR) is 76.6 cm³/mol. The summed E-state index contributed by atoms with van der Waals surface area (Å²) in [5, 5.41) is 4.78. The Bertz CT molecular complexity index is 842. The molecule has 0 fully saturated rings. The molecule has 3 aromatic rings. The number of nitrogens with zero attached hydrogens (tertiary/aromatic N) is 4. The minimum atomic E-state index is -4.40. The number of aromatic nitrogens is 4. The van der Waals surface area contributed by atoms with E-state index in [0.29, 0.717) is 17.5 Å². The second-order valence-electron chi connectivity index (χ2n) is 5.08. The molecule has 22 heavy (non-hydrogen) atoms. The molecule has 1 radical (unpaired) electrons. The van der Waals surface area contributed by atoms with Crippen LogP contribution in [0.1, 0.15) is 16.8 Å². The summed E-state index contributed by atoms with van der Waals surface area (Å²) in [6.45, 7) is 5.77. The molecular weight excluding hydrogens is 293 g/mol. The lowest BCUT2D eigenvalue weighted by Crippen LogP contribution is -2.07. The Hall–Kier alpha value is -2.31. The lowest BCUT2D eigenvalue weighted by molar-refractivity contribution is -0.137. The van der Waals surface area contributed by atoms with Gasteiger partial charge in [-0.2, -0.15) is 18.3 Å². The van der Waals surface area contributed by atoms with Gasteiger partial charge in [-0.05, 0) is 32.4 Å². The number of fused-ring (bicyclic) bond motifs is 1. The van der Waals surface area contributed by atoms with Gasteiger partial charge in [-0.1, -0.05) is 0 Å². The Kier molecular flexibility index (Phi) is 3.23. The van der Waals surface area contributed by atoms with Crippen LogP contribution in [0.3, 0.4) is 0 Å². The molecule has 0 amide bonds. The van der Waals surface area contributed by atoms with Gasteiger partial charge in [-0.3, -0.25) is 9.25 Å². The van der Waals surface area contributed by atoms with Crippen molar-refractivity contribution in [1.29, 1.82) is 0 Å². The number of pyridine rings is 1. The van der Waals surface area contributed by atoms with E-state index in [0.717, 1.165) is 29.3 Å². The molecule has 0 N–H and O–H groups in total. The van der Waals surface area contributed by atoms with Gasteiger partial charge in [0.15, 0.2) is 0 Å². The highest BCUT2D eigenvalue weighted by atomic mass is 19.4. The summed E-state index contributed by atoms with van der Waals surface area (Å²) in [5.41, 5.74) is 1.50. The molecule has 3 rings (SSSR count). The standard InChI is InChI=1S/C15H14F3N4/c1-4-12-9(2)20-21(3)14(12)22-6-5-10-7-11(15(16,17)18)8-19-13(10)22/h5-8H,1,4H2,2-3H3. The first-order valence-corrected chi connectivity index (χ1v) is 6.69. The van der Waals surface area contributed by atoms with Crippen LogP contribution in [0, 0.1) is 13.8 Å². The summed E-state index contributed by atoms with van der Waals surface area (Å²) < 4.78 is 41.7. The first kappa shape index (κ1) is 14.6. The zero-order chi connectivity index (χ0) is 16.1. The summed E-state index contributed by atoms with van der Waals surface area (Å²) >= 11 is 0. The molecule has 0 aromatic carbocycles. The summed E-state index contributed by atoms with van der Waals surface area (Å²) in [5.74, 6) is 0.773. The van der Waals surface area contributed by atoms with Gasteiger partial charge in [-0.25, -0.2) is 4.98 Å². The topological polar surface area (TPSA) is 35.6 Å². The van der Waals surface area contributed by atoms with E-state index in [4.69, 9.17) is 0 Å². The van der Waals surface area contributed by atoms with Gasteiger partial charge in [0, 0.05) is 30.4 Å². The Balaban J connectivity index is 2.22. The van der Waals surface area contributed by atoms with Gasteiger partial charge >= 0.3 is 6.18 Å². The van der Waals surface area contributed by atoms with Crippen molar-refractivity contribution in [3.63, 3.8) is 0 Å². The van der Waals surface area contributed by atoms with Gasteiger partial charge in [0.05, 0.1) is 11.3 Å². The number of rotatable bonds is 2. The van der Waals surface area contributed by atoms with Crippen LogP contribution in [0.5, 0.6) is 0 Å². The summed E-state index contributed by atoms with van der Waals surface area (Å²) in [6.07, 6.45) is -1.31. The average Bonchev–Trinajstić information content (AvgIpc) is 2.97. The van der Waals surface area contributed by atoms with Crippen LogP contribution in [-0.4, -0.2) is 19.3 Å². The molecule has 3 aromatic heterocycles. The van der Waals surface area contributed by atoms with Crippen LogP contribution in [0.2, 0.25) is 0 Å². The Morgan fingerprint density at radius 1 is 1.32 bits per heavy atom. The molecule has 0 aliphatic rings. The fourth-order valence-electron chi connectivity index (χ4n) is 2.63. The molecular formula is C15H14F3N4. The fraction of sp³-hybridized carbons (Fsp3) is 0.267. The SMILES string of the molecule is [CH2]Cc1c(C)nn(C)c1-n1ccc2cc(C(F)(F)F)cnc21. The normalized spacial score (nSPS) is 12.3. The maximum absolute atomic E-state index is 12.8. The third kappa shape index (κ3) is 2.17. The van der Waals surface area contributed by atoms with Crippen molar-refractivity contribution < 1.29 is 13.2 Å². The van der Waals surface area contributed by atoms with Crippen LogP contribution in [0.4, 0.5) is 13.2 Å². The highest BCUT2D eigenvalue weighted by Crippen LogP contribution is 2.31. The second-order valence-corrected chi connectivity index (χ2v) is 5.08. The van der Waals surface area contributed by atoms with E-state index in [1.165, 1.54) is 0 Å². The van der Waals surface area contributed by atoms with E-state index in [-0.39, 0.29) is 0 Å². The van der Waals surface area contributed by atoms with Crippen molar-refractivity contribution in [2.24, 2.45) is 7.05 Å². The minimum absolute atomic E-state index is 0.434. The third-order valence-electron chi connectivity index (χ3n) is 3.65. The number of hydrogen-bond donors (Lipinski definition) is 0. The van der Waals surface area contributed by atoms with Crippen molar-refractivity contribution in [3.05, 3.63) is 48.3 Å². The van der Waals surface area contributed by atoms with Crippen molar-refractivity contribution in [2.75, 3.05) is 0 Å². The fourth-order valence-corrected chi connectivity index (χ4v) is 2.63. The van der Waals surface area contributed by atoms with Gasteiger partial charge in [0.2, 0.25) is 0 Å². The average molecular weight is 307 g/mol. The van der Waals surface area contributed by atoms with E-state index in [9.17, 15) is 13.2 Å². The predicted octanol–water partition coefficient (Wildman–Crippen LogP) is 3.46. The molecule has 0 aliphatic carbocycles. The first-order valence-electron chi connectivity index (χ1n) is 6.69. The lowest BCUT2D eigenvalue weighted by Gasteiger charge is -2.09. The van der Waals surface area contributed by atoms with E-state index in [1.54, 1.807) is 28.6 Å². The molecule has 0 aliphatic heterocycles. The molecule has 0 spiro atoms. The van der Waals surface area contributed by atoms with Gasteiger partial charge in [0.25, 0.3) is 0 Å². The zero-order valence-electron chi connectivity index (χ0n) is 12.1. The highest BCUT2D eigenvalue weighted by Gasteiger charge is 2.31. The van der Waals surface area contributed by atoms with E-state index < -0.39 is 11.7 Å². The van der Waals surface area contributed by atoms with Crippen molar-refractivity contribution in [3.8, 4) is 5.82 Å². The zero-order valence-corrected chi connectivity index (χ0v) is 12.1. The van der Waals surface area contributed by atoms with E-state index in [1.807, 2.05) is 6.92 Å². The first-order chi connectivity index (χ1) is 10.3. The molecule has 0 saturated carbocycles. The molecule has 0 atom stereocenters. The Labute approximate surface area is 125 Å². The van der Waals surface area contributed by atoms with Crippen molar-refractivity contribution in [1.82, 2.24) is 19.3 Å². The molecule has 0 unspecified atom stereocenters. The maximum Gasteiger partial charge on any atom is 0.417 e. The van der Waals surface area contributed by atoms with Gasteiger partial charge in [0.1, 0.15) is 11.5 Å². The Morgan fingerprint density at radius 3 is 2.68 bits per heavy atom. The largest absolute Gasteiger partial charge is 0.417 e. The number of halogens is 3. The maximum atomic E-state index is 12.8. The van der Waals surface area contributed by atoms with Gasteiger partial charge in [-0.15, -0.1) is 0 Å². The van der Waals surface area contributed by atoms with Crippen LogP contribution >= 0.6 is 0 Å². The number of hydrogen-bond acceptors (Lipinski definition) is 2. The van der Waals surface area contributed by atoms with Crippen LogP contribution in [0.15, 0.2) is 24.5 Å². The summed E-state index contributed by atoms with van der Waals surface area (Å²) in [7, 11) is 1.79. The van der Waals surface area contributed by atoms with Crippen LogP contribution in [0.25, 0.3) is 16.9 Å². The smallest absolute Gasteiger partial charge is 0.285 e. The number of aryl methyl sites for hydroxylation is 2. The third-order valence-corrected chi connectivity index (χ3v) is 3.65. The van der Waals surface area contributed by atoms with Crippen molar-refractivity contribution >= 4 is 11.0 Å². The summed E-state index contributed by atoms with van der Waals surface area (Å²) in [6, 6.07) is 2.72. The van der Waals surface area contributed by atoms with Crippen LogP contribution < -0.4 is 0 Å². The molecule has 0 bridgehead atoms. The minimum Gasteiger partial charge on any atom is -0.285 e. The molecule has 4 nitrogen and oxygen atoms in total. The quantitative estimate of drug-likeness (QED) is 0.727. The molecule has 115 valence electrons.